The summed E-state index contributed by atoms with van der Waals surface area (Å²) < 4.78 is 5.02. The third-order valence-corrected chi connectivity index (χ3v) is 1.96. The van der Waals surface area contributed by atoms with E-state index in [9.17, 15) is 9.59 Å². The van der Waals surface area contributed by atoms with E-state index in [0.717, 1.165) is 6.42 Å². The highest BCUT2D eigenvalue weighted by atomic mass is 16.5. The van der Waals surface area contributed by atoms with Crippen LogP contribution in [0.2, 0.25) is 0 Å². The number of carbonyl (C=O) groups excluding carboxylic acids is 2. The Bertz CT molecular complexity index is 319. The van der Waals surface area contributed by atoms with Gasteiger partial charge in [-0.15, -0.1) is 0 Å². The lowest BCUT2D eigenvalue weighted by Crippen LogP contribution is -2.11. The number of ether oxygens (including phenoxy) is 1. The van der Waals surface area contributed by atoms with Gasteiger partial charge in [0.1, 0.15) is 0 Å². The molecule has 0 aliphatic carbocycles. The highest BCUT2D eigenvalue weighted by Gasteiger charge is 2.14. The summed E-state index contributed by atoms with van der Waals surface area (Å²) in [6, 6.07) is 8.98. The van der Waals surface area contributed by atoms with Gasteiger partial charge in [-0.05, 0) is 12.0 Å². The molecule has 3 heteroatoms. The van der Waals surface area contributed by atoms with Gasteiger partial charge in [0.15, 0.2) is 12.4 Å². The molecule has 0 aliphatic heterocycles. The van der Waals surface area contributed by atoms with Crippen LogP contribution >= 0.6 is 0 Å². The Morgan fingerprint density at radius 3 is 2.60 bits per heavy atom. The smallest absolute Gasteiger partial charge is 0.306 e. The Labute approximate surface area is 89.1 Å². The number of aldehydes is 1. The van der Waals surface area contributed by atoms with E-state index < -0.39 is 6.10 Å². The number of esters is 1. The normalized spacial score (nSPS) is 11.8. The minimum atomic E-state index is -0.773. The summed E-state index contributed by atoms with van der Waals surface area (Å²) in [7, 11) is 0. The molecule has 80 valence electrons. The molecule has 0 bridgehead atoms. The van der Waals surface area contributed by atoms with Gasteiger partial charge in [0, 0.05) is 6.42 Å². The summed E-state index contributed by atoms with van der Waals surface area (Å²) in [6.45, 7) is 1.89. The standard InChI is InChI=1S/C12H14O3/c1-2-6-12(14)15-11(9-13)10-7-4-3-5-8-10/h3-5,7-9,11H,2,6H2,1H3. The van der Waals surface area contributed by atoms with Gasteiger partial charge in [-0.3, -0.25) is 9.59 Å². The Morgan fingerprint density at radius 2 is 2.07 bits per heavy atom. The summed E-state index contributed by atoms with van der Waals surface area (Å²) in [5.74, 6) is -0.335. The monoisotopic (exact) mass is 206 g/mol. The van der Waals surface area contributed by atoms with E-state index in [0.29, 0.717) is 18.3 Å². The molecule has 15 heavy (non-hydrogen) atoms. The van der Waals surface area contributed by atoms with Crippen LogP contribution in [0.1, 0.15) is 31.4 Å². The van der Waals surface area contributed by atoms with E-state index in [4.69, 9.17) is 4.74 Å². The zero-order valence-electron chi connectivity index (χ0n) is 8.68. The van der Waals surface area contributed by atoms with Crippen LogP contribution in [0.15, 0.2) is 30.3 Å². The average Bonchev–Trinajstić information content (AvgIpc) is 2.27. The molecule has 0 aliphatic rings. The van der Waals surface area contributed by atoms with Crippen molar-refractivity contribution < 1.29 is 14.3 Å². The maximum absolute atomic E-state index is 11.2. The van der Waals surface area contributed by atoms with Crippen LogP contribution in [0, 0.1) is 0 Å². The first-order valence-corrected chi connectivity index (χ1v) is 4.97. The van der Waals surface area contributed by atoms with Crippen molar-refractivity contribution in [2.24, 2.45) is 0 Å². The third kappa shape index (κ3) is 3.54. The quantitative estimate of drug-likeness (QED) is 0.548. The highest BCUT2D eigenvalue weighted by Crippen LogP contribution is 2.15. The molecule has 1 aromatic carbocycles. The van der Waals surface area contributed by atoms with Gasteiger partial charge in [0.05, 0.1) is 0 Å². The summed E-state index contributed by atoms with van der Waals surface area (Å²) in [5, 5.41) is 0. The van der Waals surface area contributed by atoms with Gasteiger partial charge in [0.2, 0.25) is 0 Å². The molecule has 0 N–H and O–H groups in total. The fourth-order valence-electron chi connectivity index (χ4n) is 1.22. The van der Waals surface area contributed by atoms with Gasteiger partial charge in [0.25, 0.3) is 0 Å². The van der Waals surface area contributed by atoms with Crippen molar-refractivity contribution in [2.45, 2.75) is 25.9 Å². The van der Waals surface area contributed by atoms with E-state index in [1.807, 2.05) is 13.0 Å². The molecule has 0 radical (unpaired) electrons. The number of carbonyl (C=O) groups is 2. The maximum Gasteiger partial charge on any atom is 0.306 e. The molecule has 0 spiro atoms. The molecule has 1 unspecified atom stereocenters. The molecule has 0 heterocycles. The van der Waals surface area contributed by atoms with Gasteiger partial charge in [-0.2, -0.15) is 0 Å². The van der Waals surface area contributed by atoms with Crippen LogP contribution in [0.5, 0.6) is 0 Å². The van der Waals surface area contributed by atoms with Crippen LogP contribution in [0.3, 0.4) is 0 Å². The Kier molecular flexibility index (Phi) is 4.54. The van der Waals surface area contributed by atoms with Crippen molar-refractivity contribution in [1.82, 2.24) is 0 Å². The van der Waals surface area contributed by atoms with Gasteiger partial charge in [-0.1, -0.05) is 37.3 Å². The average molecular weight is 206 g/mol. The molecule has 1 rings (SSSR count). The van der Waals surface area contributed by atoms with E-state index in [-0.39, 0.29) is 5.97 Å². The zero-order chi connectivity index (χ0) is 11.1. The van der Waals surface area contributed by atoms with Crippen molar-refractivity contribution in [2.75, 3.05) is 0 Å². The Balaban J connectivity index is 2.65. The SMILES string of the molecule is CCCC(=O)OC(C=O)c1ccccc1. The van der Waals surface area contributed by atoms with Gasteiger partial charge < -0.3 is 4.74 Å². The van der Waals surface area contributed by atoms with Crippen molar-refractivity contribution in [3.8, 4) is 0 Å². The first kappa shape index (κ1) is 11.4. The number of hydrogen-bond acceptors (Lipinski definition) is 3. The predicted octanol–water partition coefficient (Wildman–Crippen LogP) is 2.27. The minimum absolute atomic E-state index is 0.335. The van der Waals surface area contributed by atoms with Gasteiger partial charge >= 0.3 is 5.97 Å². The van der Waals surface area contributed by atoms with Crippen LogP contribution in [-0.4, -0.2) is 12.3 Å². The molecule has 0 saturated heterocycles. The van der Waals surface area contributed by atoms with E-state index in [1.54, 1.807) is 24.3 Å². The van der Waals surface area contributed by atoms with Gasteiger partial charge in [-0.25, -0.2) is 0 Å². The molecular weight excluding hydrogens is 192 g/mol. The highest BCUT2D eigenvalue weighted by molar-refractivity contribution is 5.73. The Hall–Kier alpha value is -1.64. The summed E-state index contributed by atoms with van der Waals surface area (Å²) in [6.07, 6.45) is 0.935. The summed E-state index contributed by atoms with van der Waals surface area (Å²) in [5.41, 5.74) is 0.706. The van der Waals surface area contributed by atoms with Crippen LogP contribution in [0.4, 0.5) is 0 Å². The van der Waals surface area contributed by atoms with Crippen molar-refractivity contribution in [3.63, 3.8) is 0 Å². The first-order chi connectivity index (χ1) is 7.27. The number of hydrogen-bond donors (Lipinski definition) is 0. The molecular formula is C12H14O3. The second kappa shape index (κ2) is 5.96. The second-order valence-corrected chi connectivity index (χ2v) is 3.21. The number of rotatable bonds is 5. The van der Waals surface area contributed by atoms with E-state index in [1.165, 1.54) is 0 Å². The van der Waals surface area contributed by atoms with Crippen LogP contribution < -0.4 is 0 Å². The molecule has 3 nitrogen and oxygen atoms in total. The summed E-state index contributed by atoms with van der Waals surface area (Å²) >= 11 is 0. The molecule has 0 amide bonds. The molecule has 1 aromatic rings. The fourth-order valence-corrected chi connectivity index (χ4v) is 1.22. The van der Waals surface area contributed by atoms with Crippen molar-refractivity contribution in [1.29, 1.82) is 0 Å². The third-order valence-electron chi connectivity index (χ3n) is 1.96. The fraction of sp³-hybridized carbons (Fsp3) is 0.333. The lowest BCUT2D eigenvalue weighted by atomic mass is 10.1. The molecule has 0 saturated carbocycles. The minimum Gasteiger partial charge on any atom is -0.450 e. The van der Waals surface area contributed by atoms with E-state index >= 15 is 0 Å². The lowest BCUT2D eigenvalue weighted by molar-refractivity contribution is -0.152. The Morgan fingerprint density at radius 1 is 1.40 bits per heavy atom. The number of benzene rings is 1. The van der Waals surface area contributed by atoms with Crippen molar-refractivity contribution >= 4 is 12.3 Å². The zero-order valence-corrected chi connectivity index (χ0v) is 8.68. The second-order valence-electron chi connectivity index (χ2n) is 3.21. The lowest BCUT2D eigenvalue weighted by Gasteiger charge is -2.11. The maximum atomic E-state index is 11.2. The van der Waals surface area contributed by atoms with Crippen LogP contribution in [-0.2, 0) is 14.3 Å². The topological polar surface area (TPSA) is 43.4 Å². The summed E-state index contributed by atoms with van der Waals surface area (Å²) in [4.78, 5) is 22.0. The molecule has 0 aromatic heterocycles. The molecule has 0 fully saturated rings. The first-order valence-electron chi connectivity index (χ1n) is 4.97. The predicted molar refractivity (Wildman–Crippen MR) is 56.2 cm³/mol. The largest absolute Gasteiger partial charge is 0.450 e. The molecule has 1 atom stereocenters. The van der Waals surface area contributed by atoms with Crippen LogP contribution in [0.25, 0.3) is 0 Å². The van der Waals surface area contributed by atoms with E-state index in [2.05, 4.69) is 0 Å². The van der Waals surface area contributed by atoms with Crippen molar-refractivity contribution in [3.05, 3.63) is 35.9 Å².